The van der Waals surface area contributed by atoms with Crippen LogP contribution in [0.1, 0.15) is 36.1 Å². The average molecular weight is 363 g/mol. The zero-order valence-electron chi connectivity index (χ0n) is 15.3. The highest BCUT2D eigenvalue weighted by Gasteiger charge is 2.21. The number of rotatable bonds is 7. The number of ether oxygens (including phenoxy) is 2. The van der Waals surface area contributed by atoms with E-state index in [0.29, 0.717) is 12.2 Å². The Morgan fingerprint density at radius 2 is 1.52 bits per heavy atom. The van der Waals surface area contributed by atoms with Gasteiger partial charge in [0.05, 0.1) is 19.1 Å². The Kier molecular flexibility index (Phi) is 6.08. The fraction of sp³-hybridized carbons (Fsp3) is 0.368. The lowest BCUT2D eigenvalue weighted by Gasteiger charge is -2.19. The Balaban J connectivity index is 2.31. The van der Waals surface area contributed by atoms with E-state index in [1.54, 1.807) is 32.4 Å². The van der Waals surface area contributed by atoms with Crippen molar-refractivity contribution in [3.63, 3.8) is 0 Å². The van der Waals surface area contributed by atoms with Crippen LogP contribution in [-0.4, -0.2) is 22.6 Å². The van der Waals surface area contributed by atoms with Crippen molar-refractivity contribution in [2.45, 2.75) is 38.1 Å². The largest absolute Gasteiger partial charge is 0.496 e. The molecule has 0 saturated heterocycles. The Morgan fingerprint density at radius 1 is 0.960 bits per heavy atom. The molecule has 0 aliphatic heterocycles. The molecule has 0 aliphatic rings. The molecule has 2 aromatic carbocycles. The van der Waals surface area contributed by atoms with Crippen molar-refractivity contribution in [2.75, 3.05) is 14.2 Å². The van der Waals surface area contributed by atoms with E-state index < -0.39 is 10.0 Å². The van der Waals surface area contributed by atoms with Crippen molar-refractivity contribution in [3.8, 4) is 11.5 Å². The predicted molar refractivity (Wildman–Crippen MR) is 98.8 cm³/mol. The molecule has 2 aromatic rings. The van der Waals surface area contributed by atoms with Crippen molar-refractivity contribution in [2.24, 2.45) is 0 Å². The minimum Gasteiger partial charge on any atom is -0.496 e. The molecule has 0 aromatic heterocycles. The lowest BCUT2D eigenvalue weighted by molar-refractivity contribution is 0.411. The first-order valence-corrected chi connectivity index (χ1v) is 9.62. The molecule has 6 heteroatoms. The number of nitrogens with one attached hydrogen (secondary N) is 1. The van der Waals surface area contributed by atoms with E-state index in [4.69, 9.17) is 9.47 Å². The number of hydrogen-bond acceptors (Lipinski definition) is 4. The monoisotopic (exact) mass is 363 g/mol. The van der Waals surface area contributed by atoms with Crippen LogP contribution < -0.4 is 14.2 Å². The summed E-state index contributed by atoms with van der Waals surface area (Å²) in [5.41, 5.74) is 2.66. The Labute approximate surface area is 150 Å². The van der Waals surface area contributed by atoms with Crippen molar-refractivity contribution in [1.82, 2.24) is 4.72 Å². The molecule has 2 rings (SSSR count). The third-order valence-corrected chi connectivity index (χ3v) is 5.67. The molecule has 25 heavy (non-hydrogen) atoms. The lowest BCUT2D eigenvalue weighted by atomic mass is 10.0. The Morgan fingerprint density at radius 3 is 2.00 bits per heavy atom. The molecule has 0 amide bonds. The van der Waals surface area contributed by atoms with E-state index in [-0.39, 0.29) is 10.9 Å². The van der Waals surface area contributed by atoms with Gasteiger partial charge in [0.2, 0.25) is 10.0 Å². The zero-order chi connectivity index (χ0) is 18.6. The second-order valence-electron chi connectivity index (χ2n) is 5.94. The van der Waals surface area contributed by atoms with Crippen LogP contribution in [0.25, 0.3) is 0 Å². The maximum atomic E-state index is 12.8. The second kappa shape index (κ2) is 7.89. The van der Waals surface area contributed by atoms with Crippen LogP contribution >= 0.6 is 0 Å². The third-order valence-electron chi connectivity index (χ3n) is 4.20. The van der Waals surface area contributed by atoms with Crippen molar-refractivity contribution < 1.29 is 17.9 Å². The SMILES string of the molecule is CC[C@H](NS(=O)(=O)c1ccc(OC)c(C)c1)c1ccc(OC)c(C)c1. The highest BCUT2D eigenvalue weighted by Crippen LogP contribution is 2.27. The number of benzene rings is 2. The van der Waals surface area contributed by atoms with Crippen LogP contribution in [0.3, 0.4) is 0 Å². The first-order valence-electron chi connectivity index (χ1n) is 8.14. The van der Waals surface area contributed by atoms with E-state index in [9.17, 15) is 8.42 Å². The molecule has 1 N–H and O–H groups in total. The van der Waals surface area contributed by atoms with Crippen molar-refractivity contribution in [1.29, 1.82) is 0 Å². The summed E-state index contributed by atoms with van der Waals surface area (Å²) < 4.78 is 38.8. The van der Waals surface area contributed by atoms with Gasteiger partial charge in [-0.25, -0.2) is 13.1 Å². The number of methoxy groups -OCH3 is 2. The van der Waals surface area contributed by atoms with Crippen LogP contribution in [0.4, 0.5) is 0 Å². The standard InChI is InChI=1S/C19H25NO4S/c1-6-17(15-7-9-18(23-4)13(2)11-15)20-25(21,22)16-8-10-19(24-5)14(3)12-16/h7-12,17,20H,6H2,1-5H3/t17-/m0/s1. The van der Waals surface area contributed by atoms with Gasteiger partial charge in [0.15, 0.2) is 0 Å². The average Bonchev–Trinajstić information content (AvgIpc) is 2.59. The lowest BCUT2D eigenvalue weighted by Crippen LogP contribution is -2.28. The van der Waals surface area contributed by atoms with Crippen molar-refractivity contribution in [3.05, 3.63) is 53.1 Å². The molecule has 0 unspecified atom stereocenters. The van der Waals surface area contributed by atoms with Gasteiger partial charge < -0.3 is 9.47 Å². The molecule has 0 fully saturated rings. The highest BCUT2D eigenvalue weighted by atomic mass is 32.2. The normalized spacial score (nSPS) is 12.7. The zero-order valence-corrected chi connectivity index (χ0v) is 16.1. The summed E-state index contributed by atoms with van der Waals surface area (Å²) >= 11 is 0. The number of aryl methyl sites for hydroxylation is 2. The van der Waals surface area contributed by atoms with E-state index >= 15 is 0 Å². The molecular formula is C19H25NO4S. The smallest absolute Gasteiger partial charge is 0.241 e. The summed E-state index contributed by atoms with van der Waals surface area (Å²) in [6, 6.07) is 10.2. The van der Waals surface area contributed by atoms with Gasteiger partial charge in [0.25, 0.3) is 0 Å². The van der Waals surface area contributed by atoms with Crippen LogP contribution in [0, 0.1) is 13.8 Å². The van der Waals surface area contributed by atoms with Crippen LogP contribution in [0.5, 0.6) is 11.5 Å². The maximum Gasteiger partial charge on any atom is 0.241 e. The molecule has 0 bridgehead atoms. The fourth-order valence-corrected chi connectivity index (χ4v) is 4.17. The summed E-state index contributed by atoms with van der Waals surface area (Å²) in [5, 5.41) is 0. The quantitative estimate of drug-likeness (QED) is 0.814. The minimum absolute atomic E-state index is 0.231. The predicted octanol–water partition coefficient (Wildman–Crippen LogP) is 3.75. The van der Waals surface area contributed by atoms with Crippen LogP contribution in [0.2, 0.25) is 0 Å². The third kappa shape index (κ3) is 4.32. The van der Waals surface area contributed by atoms with E-state index in [1.165, 1.54) is 0 Å². The van der Waals surface area contributed by atoms with Gasteiger partial charge in [-0.05, 0) is 61.2 Å². The summed E-state index contributed by atoms with van der Waals surface area (Å²) in [6.45, 7) is 5.71. The van der Waals surface area contributed by atoms with Gasteiger partial charge in [-0.3, -0.25) is 0 Å². The van der Waals surface area contributed by atoms with Gasteiger partial charge in [0.1, 0.15) is 11.5 Å². The summed E-state index contributed by atoms with van der Waals surface area (Å²) in [5.74, 6) is 1.45. The molecule has 0 radical (unpaired) electrons. The van der Waals surface area contributed by atoms with Gasteiger partial charge in [-0.2, -0.15) is 0 Å². The Bertz CT molecular complexity index is 846. The topological polar surface area (TPSA) is 64.6 Å². The van der Waals surface area contributed by atoms with Gasteiger partial charge in [0, 0.05) is 6.04 Å². The molecule has 0 saturated carbocycles. The summed E-state index contributed by atoms with van der Waals surface area (Å²) in [7, 11) is -0.450. The van der Waals surface area contributed by atoms with Gasteiger partial charge in [-0.15, -0.1) is 0 Å². The van der Waals surface area contributed by atoms with E-state index in [0.717, 1.165) is 22.4 Å². The fourth-order valence-electron chi connectivity index (χ4n) is 2.78. The molecule has 0 heterocycles. The maximum absolute atomic E-state index is 12.8. The van der Waals surface area contributed by atoms with Crippen LogP contribution in [0.15, 0.2) is 41.3 Å². The van der Waals surface area contributed by atoms with Gasteiger partial charge >= 0.3 is 0 Å². The number of hydrogen-bond donors (Lipinski definition) is 1. The van der Waals surface area contributed by atoms with Crippen LogP contribution in [-0.2, 0) is 10.0 Å². The molecular weight excluding hydrogens is 338 g/mol. The molecule has 0 aliphatic carbocycles. The molecule has 1 atom stereocenters. The molecule has 136 valence electrons. The van der Waals surface area contributed by atoms with E-state index in [1.807, 2.05) is 39.0 Å². The molecule has 0 spiro atoms. The van der Waals surface area contributed by atoms with E-state index in [2.05, 4.69) is 4.72 Å². The second-order valence-corrected chi connectivity index (χ2v) is 7.66. The minimum atomic E-state index is -3.63. The van der Waals surface area contributed by atoms with Gasteiger partial charge in [-0.1, -0.05) is 19.1 Å². The summed E-state index contributed by atoms with van der Waals surface area (Å²) in [4.78, 5) is 0.231. The highest BCUT2D eigenvalue weighted by molar-refractivity contribution is 7.89. The first-order chi connectivity index (χ1) is 11.8. The van der Waals surface area contributed by atoms with Crippen molar-refractivity contribution >= 4 is 10.0 Å². The molecule has 5 nitrogen and oxygen atoms in total. The Hall–Kier alpha value is -2.05. The number of sulfonamides is 1. The summed E-state index contributed by atoms with van der Waals surface area (Å²) in [6.07, 6.45) is 0.639. The first kappa shape index (κ1) is 19.3.